The van der Waals surface area contributed by atoms with Gasteiger partial charge in [0.15, 0.2) is 5.96 Å². The highest BCUT2D eigenvalue weighted by Gasteiger charge is 2.06. The molecule has 0 aliphatic rings. The second kappa shape index (κ2) is 8.93. The van der Waals surface area contributed by atoms with Crippen molar-refractivity contribution in [3.05, 3.63) is 65.5 Å². The summed E-state index contributed by atoms with van der Waals surface area (Å²) in [7, 11) is 1.79. The first kappa shape index (κ1) is 17.0. The van der Waals surface area contributed by atoms with Gasteiger partial charge in [0.05, 0.1) is 12.2 Å². The SMILES string of the molecule is CN=C(NCc1cccc(C)n1)NC(C)CCc1ccccc1. The molecule has 2 aromatic rings. The third kappa shape index (κ3) is 6.10. The molecule has 2 N–H and O–H groups in total. The van der Waals surface area contributed by atoms with E-state index in [2.05, 4.69) is 57.9 Å². The maximum Gasteiger partial charge on any atom is 0.191 e. The Bertz CT molecular complexity index is 622. The van der Waals surface area contributed by atoms with Gasteiger partial charge in [-0.1, -0.05) is 36.4 Å². The maximum atomic E-state index is 4.49. The first-order valence-corrected chi connectivity index (χ1v) is 8.11. The van der Waals surface area contributed by atoms with E-state index in [-0.39, 0.29) is 0 Å². The van der Waals surface area contributed by atoms with Gasteiger partial charge in [0.2, 0.25) is 0 Å². The van der Waals surface area contributed by atoms with E-state index in [4.69, 9.17) is 0 Å². The van der Waals surface area contributed by atoms with Crippen LogP contribution < -0.4 is 10.6 Å². The lowest BCUT2D eigenvalue weighted by molar-refractivity contribution is 0.592. The quantitative estimate of drug-likeness (QED) is 0.637. The Morgan fingerprint density at radius 1 is 1.13 bits per heavy atom. The number of hydrogen-bond acceptors (Lipinski definition) is 2. The molecule has 4 heteroatoms. The number of benzene rings is 1. The van der Waals surface area contributed by atoms with Gasteiger partial charge in [0, 0.05) is 18.8 Å². The molecule has 1 aromatic heterocycles. The van der Waals surface area contributed by atoms with Crippen molar-refractivity contribution in [2.45, 2.75) is 39.3 Å². The molecule has 0 saturated heterocycles. The topological polar surface area (TPSA) is 49.3 Å². The molecule has 2 rings (SSSR count). The maximum absolute atomic E-state index is 4.49. The van der Waals surface area contributed by atoms with Gasteiger partial charge >= 0.3 is 0 Å². The minimum Gasteiger partial charge on any atom is -0.354 e. The lowest BCUT2D eigenvalue weighted by Crippen LogP contribution is -2.42. The molecule has 122 valence electrons. The Kier molecular flexibility index (Phi) is 6.60. The zero-order valence-corrected chi connectivity index (χ0v) is 14.2. The molecule has 23 heavy (non-hydrogen) atoms. The van der Waals surface area contributed by atoms with Crippen LogP contribution in [-0.2, 0) is 13.0 Å². The number of pyridine rings is 1. The molecule has 1 unspecified atom stereocenters. The molecule has 0 spiro atoms. The highest BCUT2D eigenvalue weighted by atomic mass is 15.2. The lowest BCUT2D eigenvalue weighted by atomic mass is 10.1. The number of rotatable bonds is 6. The van der Waals surface area contributed by atoms with Crippen molar-refractivity contribution >= 4 is 5.96 Å². The Morgan fingerprint density at radius 3 is 2.61 bits per heavy atom. The molecule has 1 atom stereocenters. The summed E-state index contributed by atoms with van der Waals surface area (Å²) in [4.78, 5) is 8.78. The van der Waals surface area contributed by atoms with Crippen LogP contribution in [0.1, 0.15) is 30.3 Å². The van der Waals surface area contributed by atoms with E-state index >= 15 is 0 Å². The van der Waals surface area contributed by atoms with Crippen LogP contribution in [-0.4, -0.2) is 24.0 Å². The fourth-order valence-corrected chi connectivity index (χ4v) is 2.40. The largest absolute Gasteiger partial charge is 0.354 e. The van der Waals surface area contributed by atoms with Crippen molar-refractivity contribution in [3.8, 4) is 0 Å². The smallest absolute Gasteiger partial charge is 0.191 e. The monoisotopic (exact) mass is 310 g/mol. The highest BCUT2D eigenvalue weighted by Crippen LogP contribution is 2.04. The Hall–Kier alpha value is -2.36. The van der Waals surface area contributed by atoms with E-state index in [1.54, 1.807) is 7.05 Å². The average Bonchev–Trinajstić information content (AvgIpc) is 2.58. The van der Waals surface area contributed by atoms with Crippen molar-refractivity contribution < 1.29 is 0 Å². The molecule has 4 nitrogen and oxygen atoms in total. The molecule has 0 amide bonds. The average molecular weight is 310 g/mol. The van der Waals surface area contributed by atoms with E-state index < -0.39 is 0 Å². The van der Waals surface area contributed by atoms with Gasteiger partial charge in [-0.3, -0.25) is 9.98 Å². The number of aryl methyl sites for hydroxylation is 2. The van der Waals surface area contributed by atoms with Crippen LogP contribution in [0.25, 0.3) is 0 Å². The summed E-state index contributed by atoms with van der Waals surface area (Å²) in [6.45, 7) is 4.86. The molecular weight excluding hydrogens is 284 g/mol. The van der Waals surface area contributed by atoms with Crippen LogP contribution >= 0.6 is 0 Å². The van der Waals surface area contributed by atoms with Crippen LogP contribution in [0, 0.1) is 6.92 Å². The third-order valence-electron chi connectivity index (χ3n) is 3.70. The molecule has 0 bridgehead atoms. The van der Waals surface area contributed by atoms with Crippen molar-refractivity contribution in [1.82, 2.24) is 15.6 Å². The minimum atomic E-state index is 0.354. The standard InChI is InChI=1S/C19H26N4/c1-15-8-7-11-18(22-15)14-21-19(20-3)23-16(2)12-13-17-9-5-4-6-10-17/h4-11,16H,12-14H2,1-3H3,(H2,20,21,23). The van der Waals surface area contributed by atoms with E-state index in [0.29, 0.717) is 12.6 Å². The predicted octanol–water partition coefficient (Wildman–Crippen LogP) is 3.08. The molecule has 0 aliphatic heterocycles. The third-order valence-corrected chi connectivity index (χ3v) is 3.70. The van der Waals surface area contributed by atoms with Crippen LogP contribution in [0.5, 0.6) is 0 Å². The van der Waals surface area contributed by atoms with Gasteiger partial charge < -0.3 is 10.6 Å². The van der Waals surface area contributed by atoms with Crippen molar-refractivity contribution in [2.24, 2.45) is 4.99 Å². The first-order chi connectivity index (χ1) is 11.2. The van der Waals surface area contributed by atoms with Crippen LogP contribution in [0.3, 0.4) is 0 Å². The molecule has 0 aliphatic carbocycles. The number of aliphatic imine (C=N–C) groups is 1. The number of aromatic nitrogens is 1. The predicted molar refractivity (Wildman–Crippen MR) is 96.5 cm³/mol. The minimum absolute atomic E-state index is 0.354. The number of nitrogens with zero attached hydrogens (tertiary/aromatic N) is 2. The molecule has 1 heterocycles. The van der Waals surface area contributed by atoms with E-state index in [9.17, 15) is 0 Å². The number of guanidine groups is 1. The van der Waals surface area contributed by atoms with Crippen molar-refractivity contribution in [2.75, 3.05) is 7.05 Å². The first-order valence-electron chi connectivity index (χ1n) is 8.11. The molecular formula is C19H26N4. The second-order valence-corrected chi connectivity index (χ2v) is 5.77. The van der Waals surface area contributed by atoms with Gasteiger partial charge in [0.25, 0.3) is 0 Å². The van der Waals surface area contributed by atoms with Crippen LogP contribution in [0.2, 0.25) is 0 Å². The summed E-state index contributed by atoms with van der Waals surface area (Å²) in [5, 5.41) is 6.75. The second-order valence-electron chi connectivity index (χ2n) is 5.77. The fraction of sp³-hybridized carbons (Fsp3) is 0.368. The molecule has 0 fully saturated rings. The van der Waals surface area contributed by atoms with Crippen LogP contribution in [0.15, 0.2) is 53.5 Å². The highest BCUT2D eigenvalue weighted by molar-refractivity contribution is 5.79. The fourth-order valence-electron chi connectivity index (χ4n) is 2.40. The lowest BCUT2D eigenvalue weighted by Gasteiger charge is -2.18. The van der Waals surface area contributed by atoms with E-state index in [0.717, 1.165) is 30.2 Å². The molecule has 0 saturated carbocycles. The van der Waals surface area contributed by atoms with Crippen molar-refractivity contribution in [3.63, 3.8) is 0 Å². The Morgan fingerprint density at radius 2 is 1.91 bits per heavy atom. The van der Waals surface area contributed by atoms with Gasteiger partial charge in [-0.05, 0) is 44.4 Å². The Labute approximate surface area is 139 Å². The number of nitrogens with one attached hydrogen (secondary N) is 2. The van der Waals surface area contributed by atoms with E-state index in [1.165, 1.54) is 5.56 Å². The summed E-state index contributed by atoms with van der Waals surface area (Å²) < 4.78 is 0. The summed E-state index contributed by atoms with van der Waals surface area (Å²) in [5.74, 6) is 0.814. The molecule has 0 radical (unpaired) electrons. The zero-order valence-electron chi connectivity index (χ0n) is 14.2. The van der Waals surface area contributed by atoms with Gasteiger partial charge in [-0.25, -0.2) is 0 Å². The van der Waals surface area contributed by atoms with Gasteiger partial charge in [0.1, 0.15) is 0 Å². The Balaban J connectivity index is 1.77. The van der Waals surface area contributed by atoms with Gasteiger partial charge in [-0.15, -0.1) is 0 Å². The van der Waals surface area contributed by atoms with E-state index in [1.807, 2.05) is 25.1 Å². The zero-order chi connectivity index (χ0) is 16.5. The summed E-state index contributed by atoms with van der Waals surface area (Å²) in [6.07, 6.45) is 2.12. The summed E-state index contributed by atoms with van der Waals surface area (Å²) >= 11 is 0. The summed E-state index contributed by atoms with van der Waals surface area (Å²) in [5.41, 5.74) is 3.42. The summed E-state index contributed by atoms with van der Waals surface area (Å²) in [6, 6.07) is 17.0. The van der Waals surface area contributed by atoms with Crippen molar-refractivity contribution in [1.29, 1.82) is 0 Å². The number of hydrogen-bond donors (Lipinski definition) is 2. The van der Waals surface area contributed by atoms with Gasteiger partial charge in [-0.2, -0.15) is 0 Å². The molecule has 1 aromatic carbocycles. The normalized spacial score (nSPS) is 12.7. The van der Waals surface area contributed by atoms with Crippen LogP contribution in [0.4, 0.5) is 0 Å².